The fourth-order valence-corrected chi connectivity index (χ4v) is 4.03. The molecule has 152 valence electrons. The van der Waals surface area contributed by atoms with E-state index in [-0.39, 0.29) is 18.1 Å². The molecule has 4 nitrogen and oxygen atoms in total. The van der Waals surface area contributed by atoms with Crippen LogP contribution in [-0.2, 0) is 17.8 Å². The summed E-state index contributed by atoms with van der Waals surface area (Å²) in [5.74, 6) is 0.0579. The van der Waals surface area contributed by atoms with Crippen LogP contribution in [0.25, 0.3) is 0 Å². The second-order valence-corrected chi connectivity index (χ2v) is 8.00. The molecule has 8 heteroatoms. The van der Waals surface area contributed by atoms with Crippen molar-refractivity contribution in [1.29, 1.82) is 0 Å². The Labute approximate surface area is 166 Å². The molecule has 0 bridgehead atoms. The van der Waals surface area contributed by atoms with Crippen molar-refractivity contribution in [2.45, 2.75) is 32.2 Å². The zero-order chi connectivity index (χ0) is 20.0. The van der Waals surface area contributed by atoms with Crippen LogP contribution in [0.3, 0.4) is 0 Å². The summed E-state index contributed by atoms with van der Waals surface area (Å²) in [6, 6.07) is 9.62. The highest BCUT2D eigenvalue weighted by atomic mass is 32.1. The van der Waals surface area contributed by atoms with Gasteiger partial charge in [0.15, 0.2) is 0 Å². The molecule has 0 atom stereocenters. The maximum atomic E-state index is 12.2. The third-order valence-electron chi connectivity index (χ3n) is 4.78. The molecule has 28 heavy (non-hydrogen) atoms. The van der Waals surface area contributed by atoms with Crippen molar-refractivity contribution in [3.8, 4) is 5.75 Å². The molecule has 1 aromatic carbocycles. The van der Waals surface area contributed by atoms with Crippen molar-refractivity contribution in [3.05, 3.63) is 52.2 Å². The van der Waals surface area contributed by atoms with Crippen LogP contribution in [0, 0.1) is 5.92 Å². The van der Waals surface area contributed by atoms with Gasteiger partial charge in [0, 0.05) is 18.0 Å². The zero-order valence-electron chi connectivity index (χ0n) is 15.4. The summed E-state index contributed by atoms with van der Waals surface area (Å²) < 4.78 is 40.3. The second-order valence-electron chi connectivity index (χ2n) is 6.97. The standard InChI is InChI=1S/C20H23F3N2O2S/c21-20(22,23)27-17-5-3-15(4-6-17)12-19(26)24-13-16-7-9-25(10-8-16)14-18-2-1-11-28-18/h1-6,11,16H,7-10,12-14H2,(H,24,26). The van der Waals surface area contributed by atoms with Crippen molar-refractivity contribution in [1.82, 2.24) is 10.2 Å². The molecule has 0 unspecified atom stereocenters. The quantitative estimate of drug-likeness (QED) is 0.741. The van der Waals surface area contributed by atoms with Gasteiger partial charge in [-0.2, -0.15) is 0 Å². The van der Waals surface area contributed by atoms with Gasteiger partial charge in [0.2, 0.25) is 5.91 Å². The van der Waals surface area contributed by atoms with Crippen LogP contribution in [0.1, 0.15) is 23.3 Å². The number of likely N-dealkylation sites (tertiary alicyclic amines) is 1. The average molecular weight is 412 g/mol. The lowest BCUT2D eigenvalue weighted by Crippen LogP contribution is -2.38. The second kappa shape index (κ2) is 9.43. The fourth-order valence-electron chi connectivity index (χ4n) is 3.29. The minimum atomic E-state index is -4.71. The first-order chi connectivity index (χ1) is 13.4. The Morgan fingerprint density at radius 2 is 1.89 bits per heavy atom. The molecule has 2 heterocycles. The first-order valence-electron chi connectivity index (χ1n) is 9.23. The van der Waals surface area contributed by atoms with E-state index in [1.807, 2.05) is 0 Å². The summed E-state index contributed by atoms with van der Waals surface area (Å²) in [6.45, 7) is 3.68. The fraction of sp³-hybridized carbons (Fsp3) is 0.450. The number of ether oxygens (including phenoxy) is 1. The molecule has 1 aliphatic rings. The highest BCUT2D eigenvalue weighted by Gasteiger charge is 2.31. The lowest BCUT2D eigenvalue weighted by molar-refractivity contribution is -0.274. The average Bonchev–Trinajstić information content (AvgIpc) is 3.15. The molecule has 2 aromatic rings. The third kappa shape index (κ3) is 6.83. The summed E-state index contributed by atoms with van der Waals surface area (Å²) in [7, 11) is 0. The summed E-state index contributed by atoms with van der Waals surface area (Å²) in [5.41, 5.74) is 0.651. The molecule has 0 radical (unpaired) electrons. The van der Waals surface area contributed by atoms with E-state index in [4.69, 9.17) is 0 Å². The summed E-state index contributed by atoms with van der Waals surface area (Å²) in [6.07, 6.45) is -2.47. The number of alkyl halides is 3. The van der Waals surface area contributed by atoms with Crippen LogP contribution >= 0.6 is 11.3 Å². The van der Waals surface area contributed by atoms with E-state index in [2.05, 4.69) is 32.5 Å². The van der Waals surface area contributed by atoms with Crippen molar-refractivity contribution >= 4 is 17.2 Å². The molecular weight excluding hydrogens is 389 g/mol. The predicted molar refractivity (Wildman–Crippen MR) is 102 cm³/mol. The van der Waals surface area contributed by atoms with E-state index >= 15 is 0 Å². The molecule has 1 aromatic heterocycles. The van der Waals surface area contributed by atoms with Gasteiger partial charge in [-0.1, -0.05) is 18.2 Å². The smallest absolute Gasteiger partial charge is 0.406 e. The number of piperidine rings is 1. The molecule has 1 amide bonds. The Bertz CT molecular complexity index is 740. The molecule has 3 rings (SSSR count). The summed E-state index contributed by atoms with van der Waals surface area (Å²) >= 11 is 1.77. The molecular formula is C20H23F3N2O2S. The molecule has 1 fully saturated rings. The maximum Gasteiger partial charge on any atom is 0.573 e. The zero-order valence-corrected chi connectivity index (χ0v) is 16.2. The summed E-state index contributed by atoms with van der Waals surface area (Å²) in [5, 5.41) is 5.04. The van der Waals surface area contributed by atoms with Crippen LogP contribution in [0.4, 0.5) is 13.2 Å². The van der Waals surface area contributed by atoms with Gasteiger partial charge >= 0.3 is 6.36 Å². The van der Waals surface area contributed by atoms with E-state index < -0.39 is 6.36 Å². The third-order valence-corrected chi connectivity index (χ3v) is 5.64. The number of thiophene rings is 1. The van der Waals surface area contributed by atoms with E-state index in [1.54, 1.807) is 11.3 Å². The number of hydrogen-bond acceptors (Lipinski definition) is 4. The van der Waals surface area contributed by atoms with Gasteiger partial charge in [-0.15, -0.1) is 24.5 Å². The first-order valence-corrected chi connectivity index (χ1v) is 10.1. The Hall–Kier alpha value is -2.06. The van der Waals surface area contributed by atoms with E-state index in [9.17, 15) is 18.0 Å². The number of halogens is 3. The number of carbonyl (C=O) groups excluding carboxylic acids is 1. The van der Waals surface area contributed by atoms with Crippen LogP contribution in [-0.4, -0.2) is 36.8 Å². The number of nitrogens with zero attached hydrogens (tertiary/aromatic N) is 1. The molecule has 0 aliphatic carbocycles. The van der Waals surface area contributed by atoms with E-state index in [1.165, 1.54) is 29.1 Å². The summed E-state index contributed by atoms with van der Waals surface area (Å²) in [4.78, 5) is 15.9. The van der Waals surface area contributed by atoms with Crippen molar-refractivity contribution in [3.63, 3.8) is 0 Å². The molecule has 1 saturated heterocycles. The number of rotatable bonds is 7. The van der Waals surface area contributed by atoms with Crippen LogP contribution in [0.15, 0.2) is 41.8 Å². The largest absolute Gasteiger partial charge is 0.573 e. The minimum absolute atomic E-state index is 0.120. The molecule has 1 N–H and O–H groups in total. The van der Waals surface area contributed by atoms with Gasteiger partial charge in [-0.25, -0.2) is 0 Å². The number of hydrogen-bond donors (Lipinski definition) is 1. The Kier molecular flexibility index (Phi) is 6.96. The van der Waals surface area contributed by atoms with Gasteiger partial charge in [0.25, 0.3) is 0 Å². The van der Waals surface area contributed by atoms with Gasteiger partial charge < -0.3 is 10.1 Å². The highest BCUT2D eigenvalue weighted by molar-refractivity contribution is 7.09. The van der Waals surface area contributed by atoms with Crippen LogP contribution in [0.2, 0.25) is 0 Å². The Balaban J connectivity index is 1.35. The Morgan fingerprint density at radius 1 is 1.18 bits per heavy atom. The van der Waals surface area contributed by atoms with Crippen LogP contribution in [0.5, 0.6) is 5.75 Å². The van der Waals surface area contributed by atoms with E-state index in [0.717, 1.165) is 32.5 Å². The number of nitrogens with one attached hydrogen (secondary N) is 1. The maximum absolute atomic E-state index is 12.2. The van der Waals surface area contributed by atoms with Gasteiger partial charge in [-0.3, -0.25) is 9.69 Å². The molecule has 1 aliphatic heterocycles. The minimum Gasteiger partial charge on any atom is -0.406 e. The number of carbonyl (C=O) groups is 1. The van der Waals surface area contributed by atoms with Gasteiger partial charge in [-0.05, 0) is 61.0 Å². The van der Waals surface area contributed by atoms with Gasteiger partial charge in [0.1, 0.15) is 5.75 Å². The van der Waals surface area contributed by atoms with Crippen molar-refractivity contribution in [2.75, 3.05) is 19.6 Å². The van der Waals surface area contributed by atoms with E-state index in [0.29, 0.717) is 18.0 Å². The van der Waals surface area contributed by atoms with Crippen molar-refractivity contribution in [2.24, 2.45) is 5.92 Å². The molecule has 0 spiro atoms. The number of benzene rings is 1. The topological polar surface area (TPSA) is 41.6 Å². The molecule has 0 saturated carbocycles. The van der Waals surface area contributed by atoms with Crippen molar-refractivity contribution < 1.29 is 22.7 Å². The monoisotopic (exact) mass is 412 g/mol. The Morgan fingerprint density at radius 3 is 2.50 bits per heavy atom. The normalized spacial score (nSPS) is 16.1. The van der Waals surface area contributed by atoms with Crippen LogP contribution < -0.4 is 10.1 Å². The first kappa shape index (κ1) is 20.7. The van der Waals surface area contributed by atoms with Gasteiger partial charge in [0.05, 0.1) is 6.42 Å². The number of amides is 1. The predicted octanol–water partition coefficient (Wildman–Crippen LogP) is 4.22. The SMILES string of the molecule is O=C(Cc1ccc(OC(F)(F)F)cc1)NCC1CCN(Cc2cccs2)CC1. The lowest BCUT2D eigenvalue weighted by Gasteiger charge is -2.31. The lowest BCUT2D eigenvalue weighted by atomic mass is 9.96. The highest BCUT2D eigenvalue weighted by Crippen LogP contribution is 2.23.